The first-order valence-corrected chi connectivity index (χ1v) is 9.27. The zero-order valence-electron chi connectivity index (χ0n) is 12.9. The number of nitrogens with two attached hydrogens (primary N) is 1. The molecule has 3 N–H and O–H groups in total. The first-order valence-electron chi connectivity index (χ1n) is 7.78. The van der Waals surface area contributed by atoms with Crippen LogP contribution in [0.25, 0.3) is 0 Å². The van der Waals surface area contributed by atoms with Crippen molar-refractivity contribution in [3.63, 3.8) is 0 Å². The summed E-state index contributed by atoms with van der Waals surface area (Å²) in [5, 5.41) is 0. The number of rotatable bonds is 5. The minimum atomic E-state index is -3.46. The molecule has 0 heterocycles. The predicted molar refractivity (Wildman–Crippen MR) is 85.4 cm³/mol. The van der Waals surface area contributed by atoms with Gasteiger partial charge in [0.1, 0.15) is 0 Å². The second-order valence-electron chi connectivity index (χ2n) is 6.00. The minimum Gasteiger partial charge on any atom is -0.326 e. The lowest BCUT2D eigenvalue weighted by molar-refractivity contribution is 0.301. The van der Waals surface area contributed by atoms with Crippen LogP contribution >= 0.6 is 0 Å². The van der Waals surface area contributed by atoms with Crippen LogP contribution < -0.4 is 10.5 Å². The van der Waals surface area contributed by atoms with Crippen LogP contribution in [0.5, 0.6) is 0 Å². The number of nitrogens with one attached hydrogen (secondary N) is 1. The summed E-state index contributed by atoms with van der Waals surface area (Å²) in [5.74, 6) is 0.642. The summed E-state index contributed by atoms with van der Waals surface area (Å²) in [6.07, 6.45) is 5.33. The summed E-state index contributed by atoms with van der Waals surface area (Å²) in [6, 6.07) is 5.37. The smallest absolute Gasteiger partial charge is 0.241 e. The second-order valence-corrected chi connectivity index (χ2v) is 7.69. The molecule has 2 unspecified atom stereocenters. The number of hydrogen-bond donors (Lipinski definition) is 2. The molecule has 0 saturated heterocycles. The molecule has 0 radical (unpaired) electrons. The third-order valence-corrected chi connectivity index (χ3v) is 6.25. The molecular weight excluding hydrogens is 284 g/mol. The zero-order chi connectivity index (χ0) is 15.5. The average Bonchev–Trinajstić information content (AvgIpc) is 2.47. The van der Waals surface area contributed by atoms with Crippen molar-refractivity contribution in [2.75, 3.05) is 0 Å². The van der Waals surface area contributed by atoms with Crippen molar-refractivity contribution in [2.24, 2.45) is 11.7 Å². The van der Waals surface area contributed by atoms with E-state index >= 15 is 0 Å². The second kappa shape index (κ2) is 6.90. The van der Waals surface area contributed by atoms with E-state index in [1.807, 2.05) is 13.0 Å². The molecule has 21 heavy (non-hydrogen) atoms. The van der Waals surface area contributed by atoms with Gasteiger partial charge in [0.05, 0.1) is 4.90 Å². The first-order chi connectivity index (χ1) is 9.97. The Kier molecular flexibility index (Phi) is 5.41. The summed E-state index contributed by atoms with van der Waals surface area (Å²) in [7, 11) is -3.46. The lowest BCUT2D eigenvalue weighted by atomic mass is 9.85. The molecule has 118 valence electrons. The topological polar surface area (TPSA) is 72.2 Å². The van der Waals surface area contributed by atoms with E-state index in [-0.39, 0.29) is 6.04 Å². The van der Waals surface area contributed by atoms with Gasteiger partial charge in [0.2, 0.25) is 10.0 Å². The summed E-state index contributed by atoms with van der Waals surface area (Å²) < 4.78 is 28.2. The van der Waals surface area contributed by atoms with Crippen LogP contribution in [-0.2, 0) is 16.6 Å². The number of hydrogen-bond acceptors (Lipinski definition) is 3. The van der Waals surface area contributed by atoms with Crippen molar-refractivity contribution in [1.29, 1.82) is 0 Å². The molecule has 0 amide bonds. The molecule has 1 aliphatic rings. The van der Waals surface area contributed by atoms with Crippen LogP contribution in [0.1, 0.15) is 50.2 Å². The molecule has 1 aromatic rings. The number of benzene rings is 1. The molecule has 5 heteroatoms. The van der Waals surface area contributed by atoms with Crippen LogP contribution in [0.3, 0.4) is 0 Å². The van der Waals surface area contributed by atoms with E-state index in [0.717, 1.165) is 36.8 Å². The fourth-order valence-electron chi connectivity index (χ4n) is 3.22. The van der Waals surface area contributed by atoms with Crippen molar-refractivity contribution < 1.29 is 8.42 Å². The highest BCUT2D eigenvalue weighted by Crippen LogP contribution is 2.28. The molecule has 4 nitrogen and oxygen atoms in total. The fraction of sp³-hybridized carbons (Fsp3) is 0.625. The standard InChI is InChI=1S/C16H26N2O2S/c1-3-13-6-4-8-15(10-13)18-21(19,20)16-9-5-7-14(11-17)12(16)2/h5,7,9,13,15,18H,3-4,6,8,10-11,17H2,1-2H3. The van der Waals surface area contributed by atoms with Crippen LogP contribution in [0.15, 0.2) is 23.1 Å². The molecular formula is C16H26N2O2S. The minimum absolute atomic E-state index is 0.0645. The third-order valence-electron chi connectivity index (χ3n) is 4.59. The van der Waals surface area contributed by atoms with Crippen LogP contribution in [0.2, 0.25) is 0 Å². The van der Waals surface area contributed by atoms with Gasteiger partial charge in [0.15, 0.2) is 0 Å². The quantitative estimate of drug-likeness (QED) is 0.878. The van der Waals surface area contributed by atoms with Crippen LogP contribution in [0.4, 0.5) is 0 Å². The normalized spacial score (nSPS) is 23.2. The molecule has 1 saturated carbocycles. The zero-order valence-corrected chi connectivity index (χ0v) is 13.7. The van der Waals surface area contributed by atoms with Crippen molar-refractivity contribution in [2.45, 2.75) is 63.4 Å². The summed E-state index contributed by atoms with van der Waals surface area (Å²) in [6.45, 7) is 4.36. The monoisotopic (exact) mass is 310 g/mol. The molecule has 0 aromatic heterocycles. The Bertz CT molecular complexity index is 584. The molecule has 1 aliphatic carbocycles. The van der Waals surface area contributed by atoms with Crippen LogP contribution in [-0.4, -0.2) is 14.5 Å². The van der Waals surface area contributed by atoms with Gasteiger partial charge in [0.25, 0.3) is 0 Å². The Labute approximate surface area is 128 Å². The van der Waals surface area contributed by atoms with Crippen molar-refractivity contribution in [1.82, 2.24) is 4.72 Å². The SMILES string of the molecule is CCC1CCCC(NS(=O)(=O)c2cccc(CN)c2C)C1. The maximum atomic E-state index is 12.6. The summed E-state index contributed by atoms with van der Waals surface area (Å²) >= 11 is 0. The predicted octanol–water partition coefficient (Wildman–Crippen LogP) is 2.70. The Morgan fingerprint density at radius 1 is 1.33 bits per heavy atom. The van der Waals surface area contributed by atoms with E-state index in [1.165, 1.54) is 6.42 Å². The lowest BCUT2D eigenvalue weighted by Gasteiger charge is -2.29. The Balaban J connectivity index is 2.19. The van der Waals surface area contributed by atoms with Gasteiger partial charge in [-0.1, -0.05) is 38.3 Å². The molecule has 1 fully saturated rings. The Hall–Kier alpha value is -0.910. The molecule has 2 rings (SSSR count). The van der Waals surface area contributed by atoms with Crippen molar-refractivity contribution >= 4 is 10.0 Å². The van der Waals surface area contributed by atoms with Crippen LogP contribution in [0, 0.1) is 12.8 Å². The fourth-order valence-corrected chi connectivity index (χ4v) is 4.80. The van der Waals surface area contributed by atoms with Crippen molar-refractivity contribution in [3.8, 4) is 0 Å². The summed E-state index contributed by atoms with van der Waals surface area (Å²) in [5.41, 5.74) is 7.31. The van der Waals surface area contributed by atoms with Gasteiger partial charge in [-0.25, -0.2) is 13.1 Å². The molecule has 2 atom stereocenters. The van der Waals surface area contributed by atoms with Gasteiger partial charge in [-0.05, 0) is 42.9 Å². The van der Waals surface area contributed by atoms with E-state index in [1.54, 1.807) is 12.1 Å². The first kappa shape index (κ1) is 16.5. The third kappa shape index (κ3) is 3.84. The maximum absolute atomic E-state index is 12.6. The van der Waals surface area contributed by atoms with E-state index in [9.17, 15) is 8.42 Å². The van der Waals surface area contributed by atoms with E-state index in [4.69, 9.17) is 5.73 Å². The highest BCUT2D eigenvalue weighted by molar-refractivity contribution is 7.89. The molecule has 0 spiro atoms. The number of sulfonamides is 1. The van der Waals surface area contributed by atoms with E-state index in [2.05, 4.69) is 11.6 Å². The Morgan fingerprint density at radius 2 is 2.10 bits per heavy atom. The van der Waals surface area contributed by atoms with Gasteiger partial charge in [-0.2, -0.15) is 0 Å². The molecule has 0 bridgehead atoms. The average molecular weight is 310 g/mol. The lowest BCUT2D eigenvalue weighted by Crippen LogP contribution is -2.38. The molecule has 1 aromatic carbocycles. The highest BCUT2D eigenvalue weighted by atomic mass is 32.2. The van der Waals surface area contributed by atoms with E-state index < -0.39 is 10.0 Å². The van der Waals surface area contributed by atoms with E-state index in [0.29, 0.717) is 17.4 Å². The van der Waals surface area contributed by atoms with Gasteiger partial charge in [-0.15, -0.1) is 0 Å². The van der Waals surface area contributed by atoms with Crippen molar-refractivity contribution in [3.05, 3.63) is 29.3 Å². The summed E-state index contributed by atoms with van der Waals surface area (Å²) in [4.78, 5) is 0.365. The molecule has 0 aliphatic heterocycles. The van der Waals surface area contributed by atoms with Gasteiger partial charge >= 0.3 is 0 Å². The maximum Gasteiger partial charge on any atom is 0.241 e. The van der Waals surface area contributed by atoms with Gasteiger partial charge < -0.3 is 5.73 Å². The Morgan fingerprint density at radius 3 is 2.76 bits per heavy atom. The highest BCUT2D eigenvalue weighted by Gasteiger charge is 2.26. The largest absolute Gasteiger partial charge is 0.326 e. The van der Waals surface area contributed by atoms with Gasteiger partial charge in [-0.3, -0.25) is 0 Å². The van der Waals surface area contributed by atoms with Gasteiger partial charge in [0, 0.05) is 12.6 Å².